The molecule has 1 heterocycles. The lowest BCUT2D eigenvalue weighted by atomic mass is 9.96. The average Bonchev–Trinajstić information content (AvgIpc) is 3.39. The second kappa shape index (κ2) is 19.5. The standard InChI is InChI=1S/C18H24F3N3O3S.3C2H6/c1-11(15(27-2)14-4-3-9-22-14)16(25)24-28-13-7-5-12(6-8-13)10-23-17(26)18(19,20)21;3*1-2/h5-8,11,14-15,22H,3-4,9-10H2,1-2H3,(H,23,26)(H,24,25);3*1-2H3. The Bertz CT molecular complexity index is 668. The number of amides is 2. The molecule has 0 aromatic heterocycles. The number of halogens is 3. The molecule has 2 rings (SSSR count). The Kier molecular flexibility index (Phi) is 19.7. The van der Waals surface area contributed by atoms with Gasteiger partial charge < -0.3 is 15.4 Å². The van der Waals surface area contributed by atoms with Crippen molar-refractivity contribution in [3.05, 3.63) is 29.8 Å². The minimum Gasteiger partial charge on any atom is -0.379 e. The zero-order valence-corrected chi connectivity index (χ0v) is 22.5. The third kappa shape index (κ3) is 12.6. The Balaban J connectivity index is 0. The summed E-state index contributed by atoms with van der Waals surface area (Å²) in [7, 11) is 1.60. The molecule has 3 unspecified atom stereocenters. The Morgan fingerprint density at radius 2 is 1.68 bits per heavy atom. The summed E-state index contributed by atoms with van der Waals surface area (Å²) >= 11 is 1.12. The highest BCUT2D eigenvalue weighted by Crippen LogP contribution is 2.21. The molecule has 1 aromatic carbocycles. The predicted molar refractivity (Wildman–Crippen MR) is 133 cm³/mol. The molecule has 1 fully saturated rings. The smallest absolute Gasteiger partial charge is 0.379 e. The maximum absolute atomic E-state index is 12.4. The summed E-state index contributed by atoms with van der Waals surface area (Å²) in [6, 6.07) is 6.67. The topological polar surface area (TPSA) is 79.5 Å². The van der Waals surface area contributed by atoms with E-state index < -0.39 is 12.1 Å². The summed E-state index contributed by atoms with van der Waals surface area (Å²) in [6.07, 6.45) is -3.09. The molecule has 34 heavy (non-hydrogen) atoms. The van der Waals surface area contributed by atoms with Crippen LogP contribution in [0, 0.1) is 5.92 Å². The van der Waals surface area contributed by atoms with Gasteiger partial charge in [-0.05, 0) is 49.0 Å². The predicted octanol–water partition coefficient (Wildman–Crippen LogP) is 5.47. The van der Waals surface area contributed by atoms with Crippen LogP contribution in [0.5, 0.6) is 0 Å². The van der Waals surface area contributed by atoms with E-state index in [1.54, 1.807) is 31.4 Å². The largest absolute Gasteiger partial charge is 0.471 e. The summed E-state index contributed by atoms with van der Waals surface area (Å²) in [5.74, 6) is -2.48. The number of carbonyl (C=O) groups is 2. The van der Waals surface area contributed by atoms with Crippen molar-refractivity contribution in [1.29, 1.82) is 0 Å². The van der Waals surface area contributed by atoms with E-state index in [4.69, 9.17) is 4.74 Å². The molecule has 1 aliphatic heterocycles. The lowest BCUT2D eigenvalue weighted by Gasteiger charge is -2.27. The summed E-state index contributed by atoms with van der Waals surface area (Å²) in [6.45, 7) is 14.5. The summed E-state index contributed by atoms with van der Waals surface area (Å²) in [5.41, 5.74) is 0.522. The van der Waals surface area contributed by atoms with Gasteiger partial charge in [-0.1, -0.05) is 60.6 Å². The van der Waals surface area contributed by atoms with Crippen LogP contribution in [0.2, 0.25) is 0 Å². The quantitative estimate of drug-likeness (QED) is 0.405. The summed E-state index contributed by atoms with van der Waals surface area (Å²) in [4.78, 5) is 24.0. The normalized spacial score (nSPS) is 16.3. The van der Waals surface area contributed by atoms with Crippen molar-refractivity contribution in [1.82, 2.24) is 15.4 Å². The molecule has 1 aromatic rings. The molecule has 1 saturated heterocycles. The van der Waals surface area contributed by atoms with E-state index >= 15 is 0 Å². The van der Waals surface area contributed by atoms with E-state index in [1.807, 2.05) is 53.8 Å². The Hall–Kier alpha value is -1.78. The Morgan fingerprint density at radius 3 is 2.12 bits per heavy atom. The first-order chi connectivity index (χ1) is 16.2. The van der Waals surface area contributed by atoms with Crippen LogP contribution in [0.1, 0.15) is 66.9 Å². The number of benzene rings is 1. The molecule has 0 saturated carbocycles. The number of nitrogens with one attached hydrogen (secondary N) is 3. The summed E-state index contributed by atoms with van der Waals surface area (Å²) in [5, 5.41) is 5.15. The highest BCUT2D eigenvalue weighted by molar-refractivity contribution is 7.98. The van der Waals surface area contributed by atoms with Gasteiger partial charge in [0.25, 0.3) is 0 Å². The number of hydrogen-bond acceptors (Lipinski definition) is 5. The zero-order valence-electron chi connectivity index (χ0n) is 21.6. The van der Waals surface area contributed by atoms with Gasteiger partial charge in [0.1, 0.15) is 0 Å². The van der Waals surface area contributed by atoms with Crippen LogP contribution in [-0.2, 0) is 20.9 Å². The van der Waals surface area contributed by atoms with Crippen LogP contribution in [0.25, 0.3) is 0 Å². The number of alkyl halides is 3. The number of ether oxygens (including phenoxy) is 1. The molecule has 3 atom stereocenters. The van der Waals surface area contributed by atoms with Gasteiger partial charge in [0.15, 0.2) is 0 Å². The number of methoxy groups -OCH3 is 1. The van der Waals surface area contributed by atoms with Gasteiger partial charge in [0.2, 0.25) is 5.91 Å². The third-order valence-electron chi connectivity index (χ3n) is 4.58. The van der Waals surface area contributed by atoms with Gasteiger partial charge in [0.05, 0.1) is 12.0 Å². The van der Waals surface area contributed by atoms with Gasteiger partial charge in [0, 0.05) is 24.6 Å². The molecule has 1 aliphatic rings. The molecule has 0 radical (unpaired) electrons. The Labute approximate surface area is 207 Å². The van der Waals surface area contributed by atoms with Crippen LogP contribution in [0.15, 0.2) is 29.2 Å². The van der Waals surface area contributed by atoms with Crippen LogP contribution in [0.3, 0.4) is 0 Å². The molecule has 198 valence electrons. The van der Waals surface area contributed by atoms with Crippen molar-refractivity contribution in [2.75, 3.05) is 13.7 Å². The average molecular weight is 510 g/mol. The van der Waals surface area contributed by atoms with Crippen LogP contribution in [0.4, 0.5) is 13.2 Å². The fraction of sp³-hybridized carbons (Fsp3) is 0.667. The molecule has 2 amide bonds. The lowest BCUT2D eigenvalue weighted by molar-refractivity contribution is -0.173. The maximum atomic E-state index is 12.4. The number of hydrogen-bond donors (Lipinski definition) is 3. The minimum absolute atomic E-state index is 0.155. The molecule has 3 N–H and O–H groups in total. The van der Waals surface area contributed by atoms with E-state index in [1.165, 1.54) is 0 Å². The first-order valence-electron chi connectivity index (χ1n) is 11.9. The second-order valence-electron chi connectivity index (χ2n) is 6.58. The fourth-order valence-electron chi connectivity index (χ4n) is 3.02. The SMILES string of the molecule is CC.CC.CC.COC(C1CCCN1)C(C)C(=O)NSc1ccc(CNC(=O)C(F)(F)F)cc1. The van der Waals surface area contributed by atoms with Crippen molar-refractivity contribution in [2.24, 2.45) is 5.92 Å². The molecule has 0 spiro atoms. The minimum atomic E-state index is -4.90. The van der Waals surface area contributed by atoms with Gasteiger partial charge in [-0.25, -0.2) is 0 Å². The molecule has 0 bridgehead atoms. The van der Waals surface area contributed by atoms with Gasteiger partial charge in [-0.3, -0.25) is 14.3 Å². The van der Waals surface area contributed by atoms with Gasteiger partial charge >= 0.3 is 12.1 Å². The lowest BCUT2D eigenvalue weighted by Crippen LogP contribution is -2.45. The van der Waals surface area contributed by atoms with E-state index in [2.05, 4.69) is 10.0 Å². The van der Waals surface area contributed by atoms with Crippen LogP contribution in [-0.4, -0.2) is 43.8 Å². The van der Waals surface area contributed by atoms with Crippen molar-refractivity contribution < 1.29 is 27.5 Å². The molecular weight excluding hydrogens is 467 g/mol. The van der Waals surface area contributed by atoms with Gasteiger partial charge in [-0.2, -0.15) is 13.2 Å². The maximum Gasteiger partial charge on any atom is 0.471 e. The summed E-state index contributed by atoms with van der Waals surface area (Å²) < 4.78 is 44.8. The first-order valence-corrected chi connectivity index (χ1v) is 12.7. The molecule has 6 nitrogen and oxygen atoms in total. The van der Waals surface area contributed by atoms with E-state index in [0.29, 0.717) is 5.56 Å². The van der Waals surface area contributed by atoms with Crippen LogP contribution < -0.4 is 15.4 Å². The van der Waals surface area contributed by atoms with E-state index in [0.717, 1.165) is 36.2 Å². The second-order valence-corrected chi connectivity index (χ2v) is 7.46. The molecule has 10 heteroatoms. The van der Waals surface area contributed by atoms with E-state index in [9.17, 15) is 22.8 Å². The monoisotopic (exact) mass is 509 g/mol. The van der Waals surface area contributed by atoms with E-state index in [-0.39, 0.29) is 30.5 Å². The zero-order chi connectivity index (χ0) is 26.7. The highest BCUT2D eigenvalue weighted by Gasteiger charge is 2.38. The van der Waals surface area contributed by atoms with Crippen molar-refractivity contribution in [3.8, 4) is 0 Å². The first kappa shape index (κ1) is 34.4. The molecule has 0 aliphatic carbocycles. The van der Waals surface area contributed by atoms with Crippen molar-refractivity contribution in [3.63, 3.8) is 0 Å². The number of carbonyl (C=O) groups excluding carboxylic acids is 2. The number of rotatable bonds is 8. The van der Waals surface area contributed by atoms with Crippen molar-refractivity contribution in [2.45, 2.75) is 91.1 Å². The van der Waals surface area contributed by atoms with Gasteiger partial charge in [-0.15, -0.1) is 0 Å². The van der Waals surface area contributed by atoms with Crippen molar-refractivity contribution >= 4 is 23.8 Å². The molecular formula is C24H42F3N3O3S. The third-order valence-corrected chi connectivity index (χ3v) is 5.39. The fourth-order valence-corrected chi connectivity index (χ4v) is 3.69. The Morgan fingerprint density at radius 1 is 1.12 bits per heavy atom. The van der Waals surface area contributed by atoms with Crippen LogP contribution >= 0.6 is 11.9 Å². The highest BCUT2D eigenvalue weighted by atomic mass is 32.2.